The highest BCUT2D eigenvalue weighted by atomic mass is 16.5. The molecule has 1 aromatic rings. The molecule has 2 fully saturated rings. The van der Waals surface area contributed by atoms with E-state index in [4.69, 9.17) is 4.74 Å². The van der Waals surface area contributed by atoms with Crippen molar-refractivity contribution in [1.82, 2.24) is 15.1 Å². The van der Waals surface area contributed by atoms with Gasteiger partial charge in [-0.15, -0.1) is 0 Å². The quantitative estimate of drug-likeness (QED) is 0.611. The fourth-order valence-electron chi connectivity index (χ4n) is 4.91. The Bertz CT molecular complexity index is 769. The lowest BCUT2D eigenvalue weighted by molar-refractivity contribution is -0.150. The molecule has 2 saturated heterocycles. The van der Waals surface area contributed by atoms with Crippen LogP contribution in [0, 0.1) is 24.7 Å². The Hall–Kier alpha value is -2.08. The molecule has 2 heterocycles. The van der Waals surface area contributed by atoms with Gasteiger partial charge in [-0.25, -0.2) is 0 Å². The van der Waals surface area contributed by atoms with Gasteiger partial charge in [0.1, 0.15) is 11.8 Å². The summed E-state index contributed by atoms with van der Waals surface area (Å²) in [5, 5.41) is 3.36. The third-order valence-electron chi connectivity index (χ3n) is 6.82. The van der Waals surface area contributed by atoms with Crippen LogP contribution in [0.2, 0.25) is 0 Å². The number of carbonyl (C=O) groups is 2. The lowest BCUT2D eigenvalue weighted by Gasteiger charge is -2.42. The van der Waals surface area contributed by atoms with Gasteiger partial charge in [-0.1, -0.05) is 45.4 Å². The van der Waals surface area contributed by atoms with E-state index in [2.05, 4.69) is 52.1 Å². The molecule has 0 aliphatic carbocycles. The number of piperidine rings is 1. The summed E-state index contributed by atoms with van der Waals surface area (Å²) in [6.45, 7) is 14.1. The largest absolute Gasteiger partial charge is 0.493 e. The van der Waals surface area contributed by atoms with Crippen molar-refractivity contribution in [1.29, 1.82) is 0 Å². The fourth-order valence-corrected chi connectivity index (χ4v) is 4.91. The van der Waals surface area contributed by atoms with Crippen molar-refractivity contribution < 1.29 is 14.3 Å². The van der Waals surface area contributed by atoms with Gasteiger partial charge in [0.2, 0.25) is 11.8 Å². The zero-order valence-electron chi connectivity index (χ0n) is 21.2. The minimum Gasteiger partial charge on any atom is -0.493 e. The Labute approximate surface area is 200 Å². The highest BCUT2D eigenvalue weighted by molar-refractivity contribution is 5.90. The van der Waals surface area contributed by atoms with E-state index in [1.807, 2.05) is 21.9 Å². The number of aryl methyl sites for hydroxylation is 1. The summed E-state index contributed by atoms with van der Waals surface area (Å²) in [6, 6.07) is 7.63. The van der Waals surface area contributed by atoms with Gasteiger partial charge in [-0.2, -0.15) is 0 Å². The van der Waals surface area contributed by atoms with Gasteiger partial charge in [0.25, 0.3) is 0 Å². The first-order valence-corrected chi connectivity index (χ1v) is 12.8. The van der Waals surface area contributed by atoms with Crippen LogP contribution in [0.5, 0.6) is 5.75 Å². The van der Waals surface area contributed by atoms with E-state index < -0.39 is 0 Å². The van der Waals surface area contributed by atoms with Gasteiger partial charge in [-0.05, 0) is 62.5 Å². The zero-order chi connectivity index (χ0) is 24.0. The predicted octanol–water partition coefficient (Wildman–Crippen LogP) is 3.87. The van der Waals surface area contributed by atoms with Gasteiger partial charge in [0.05, 0.1) is 12.6 Å². The minimum absolute atomic E-state index is 0.0929. The predicted molar refractivity (Wildman–Crippen MR) is 132 cm³/mol. The van der Waals surface area contributed by atoms with E-state index in [1.54, 1.807) is 0 Å². The molecule has 2 aliphatic rings. The van der Waals surface area contributed by atoms with Crippen LogP contribution in [0.3, 0.4) is 0 Å². The number of likely N-dealkylation sites (tertiary alicyclic amines) is 1. The highest BCUT2D eigenvalue weighted by Gasteiger charge is 2.39. The number of carbonyl (C=O) groups excluding carboxylic acids is 2. The average molecular weight is 458 g/mol. The third-order valence-corrected chi connectivity index (χ3v) is 6.82. The first-order chi connectivity index (χ1) is 15.7. The maximum Gasteiger partial charge on any atom is 0.245 e. The molecule has 0 aromatic heterocycles. The molecule has 0 bridgehead atoms. The van der Waals surface area contributed by atoms with Crippen LogP contribution in [0.1, 0.15) is 58.9 Å². The summed E-state index contributed by atoms with van der Waals surface area (Å²) in [7, 11) is 0. The number of nitrogens with zero attached hydrogens (tertiary/aromatic N) is 2. The monoisotopic (exact) mass is 457 g/mol. The summed E-state index contributed by atoms with van der Waals surface area (Å²) in [5.41, 5.74) is 1.23. The topological polar surface area (TPSA) is 61.9 Å². The first-order valence-electron chi connectivity index (χ1n) is 12.8. The Kier molecular flexibility index (Phi) is 9.19. The molecule has 1 unspecified atom stereocenters. The van der Waals surface area contributed by atoms with Gasteiger partial charge in [0, 0.05) is 26.2 Å². The number of nitrogens with one attached hydrogen (secondary N) is 1. The van der Waals surface area contributed by atoms with E-state index >= 15 is 0 Å². The van der Waals surface area contributed by atoms with Crippen molar-refractivity contribution in [3.63, 3.8) is 0 Å². The number of benzene rings is 1. The summed E-state index contributed by atoms with van der Waals surface area (Å²) in [5.74, 6) is 2.37. The molecule has 2 aliphatic heterocycles. The second-order valence-electron chi connectivity index (χ2n) is 10.7. The normalized spacial score (nSPS) is 21.1. The van der Waals surface area contributed by atoms with Crippen LogP contribution in [-0.4, -0.2) is 66.5 Å². The molecule has 3 rings (SSSR count). The van der Waals surface area contributed by atoms with Crippen LogP contribution in [0.4, 0.5) is 0 Å². The Morgan fingerprint density at radius 1 is 1.06 bits per heavy atom. The molecule has 1 aromatic carbocycles. The Morgan fingerprint density at radius 2 is 1.73 bits per heavy atom. The number of hydrogen-bond donors (Lipinski definition) is 1. The van der Waals surface area contributed by atoms with Crippen molar-refractivity contribution >= 4 is 11.8 Å². The highest BCUT2D eigenvalue weighted by Crippen LogP contribution is 2.24. The van der Waals surface area contributed by atoms with Crippen molar-refractivity contribution in [3.8, 4) is 5.75 Å². The number of amides is 2. The van der Waals surface area contributed by atoms with E-state index in [1.165, 1.54) is 5.56 Å². The second kappa shape index (κ2) is 11.9. The van der Waals surface area contributed by atoms with Gasteiger partial charge >= 0.3 is 0 Å². The molecular weight excluding hydrogens is 414 g/mol. The van der Waals surface area contributed by atoms with Crippen LogP contribution in [0.15, 0.2) is 24.3 Å². The molecule has 6 nitrogen and oxygen atoms in total. The second-order valence-corrected chi connectivity index (χ2v) is 10.7. The third kappa shape index (κ3) is 7.20. The van der Waals surface area contributed by atoms with Crippen molar-refractivity contribution in [2.24, 2.45) is 17.8 Å². The first kappa shape index (κ1) is 25.5. The molecule has 33 heavy (non-hydrogen) atoms. The standard InChI is InChI=1S/C27H43N3O3/c1-19(2)16-24-26(31)30(15-12-28-24)25(17-20(3)4)27(32)29-13-10-22(11-14-29)18-33-23-8-6-21(5)7-9-23/h6-9,19-20,22,24-25,28H,10-18H2,1-5H3/t24-,25?/m0/s1. The molecule has 0 radical (unpaired) electrons. The number of piperazine rings is 1. The van der Waals surface area contributed by atoms with Gasteiger partial charge in [0.15, 0.2) is 0 Å². The minimum atomic E-state index is -0.352. The van der Waals surface area contributed by atoms with Gasteiger partial charge in [-0.3, -0.25) is 9.59 Å². The summed E-state index contributed by atoms with van der Waals surface area (Å²) < 4.78 is 5.99. The zero-order valence-corrected chi connectivity index (χ0v) is 21.2. The van der Waals surface area contributed by atoms with Crippen LogP contribution < -0.4 is 10.1 Å². The molecular formula is C27H43N3O3. The van der Waals surface area contributed by atoms with E-state index in [-0.39, 0.29) is 23.9 Å². The molecule has 0 spiro atoms. The summed E-state index contributed by atoms with van der Waals surface area (Å²) >= 11 is 0. The van der Waals surface area contributed by atoms with Crippen LogP contribution in [-0.2, 0) is 9.59 Å². The fraction of sp³-hybridized carbons (Fsp3) is 0.704. The lowest BCUT2D eigenvalue weighted by atomic mass is 9.94. The number of hydrogen-bond acceptors (Lipinski definition) is 4. The summed E-state index contributed by atoms with van der Waals surface area (Å²) in [6.07, 6.45) is 3.41. The SMILES string of the molecule is Cc1ccc(OCC2CCN(C(=O)C(CC(C)C)N3CCN[C@@H](CC(C)C)C3=O)CC2)cc1. The van der Waals surface area contributed by atoms with E-state index in [0.717, 1.165) is 51.1 Å². The van der Waals surface area contributed by atoms with E-state index in [9.17, 15) is 9.59 Å². The maximum atomic E-state index is 13.6. The molecule has 1 N–H and O–H groups in total. The lowest BCUT2D eigenvalue weighted by Crippen LogP contribution is -2.62. The van der Waals surface area contributed by atoms with Crippen molar-refractivity contribution in [2.45, 2.75) is 72.4 Å². The molecule has 184 valence electrons. The molecule has 0 saturated carbocycles. The molecule has 6 heteroatoms. The Balaban J connectivity index is 1.57. The Morgan fingerprint density at radius 3 is 2.33 bits per heavy atom. The summed E-state index contributed by atoms with van der Waals surface area (Å²) in [4.78, 5) is 30.7. The molecule has 2 atom stereocenters. The van der Waals surface area contributed by atoms with Crippen molar-refractivity contribution in [2.75, 3.05) is 32.8 Å². The smallest absolute Gasteiger partial charge is 0.245 e. The number of ether oxygens (including phenoxy) is 1. The number of rotatable bonds is 9. The average Bonchev–Trinajstić information content (AvgIpc) is 2.78. The van der Waals surface area contributed by atoms with Gasteiger partial charge < -0.3 is 19.9 Å². The van der Waals surface area contributed by atoms with E-state index in [0.29, 0.717) is 30.9 Å². The van der Waals surface area contributed by atoms with Crippen LogP contribution in [0.25, 0.3) is 0 Å². The maximum absolute atomic E-state index is 13.6. The van der Waals surface area contributed by atoms with Crippen molar-refractivity contribution in [3.05, 3.63) is 29.8 Å². The van der Waals surface area contributed by atoms with Crippen LogP contribution >= 0.6 is 0 Å². The molecule has 2 amide bonds.